The number of aryl methyl sites for hydroxylation is 1. The second-order valence-electron chi connectivity index (χ2n) is 9.09. The van der Waals surface area contributed by atoms with Crippen LogP contribution in [0.4, 0.5) is 17.1 Å². The van der Waals surface area contributed by atoms with E-state index in [2.05, 4.69) is 10.6 Å². The molecule has 184 valence electrons. The minimum Gasteiger partial charge on any atom is -0.493 e. The van der Waals surface area contributed by atoms with Crippen LogP contribution in [0.5, 0.6) is 11.5 Å². The van der Waals surface area contributed by atoms with E-state index in [0.717, 1.165) is 22.6 Å². The van der Waals surface area contributed by atoms with Crippen LogP contribution in [-0.4, -0.2) is 24.9 Å². The standard InChI is InChI=1S/C28H27N3O5/c1-16-8-9-18(13-23(16)31(33)34)28-27-22(29-20-6-4-5-7-21(20)30-28)12-19(14-24(27)32)17-10-11-25(35-2)26(15-17)36-3/h4-11,13,15,19,28-30H,12,14H2,1-3H3/t19-,28-/m0/s1. The molecule has 3 aromatic rings. The topological polar surface area (TPSA) is 103 Å². The van der Waals surface area contributed by atoms with E-state index in [1.165, 1.54) is 0 Å². The third kappa shape index (κ3) is 4.15. The number of para-hydroxylation sites is 2. The van der Waals surface area contributed by atoms with Crippen molar-refractivity contribution in [3.8, 4) is 11.5 Å². The lowest BCUT2D eigenvalue weighted by Gasteiger charge is -2.30. The van der Waals surface area contributed by atoms with Crippen molar-refractivity contribution in [1.82, 2.24) is 0 Å². The lowest BCUT2D eigenvalue weighted by molar-refractivity contribution is -0.385. The number of carbonyl (C=O) groups is 1. The summed E-state index contributed by atoms with van der Waals surface area (Å²) in [6.45, 7) is 1.71. The number of allylic oxidation sites excluding steroid dienone is 1. The van der Waals surface area contributed by atoms with Crippen molar-refractivity contribution in [2.24, 2.45) is 0 Å². The molecule has 0 spiro atoms. The Bertz CT molecular complexity index is 1400. The molecular formula is C28H27N3O5. The number of rotatable bonds is 5. The minimum absolute atomic E-state index is 0.00271. The molecule has 2 N–H and O–H groups in total. The van der Waals surface area contributed by atoms with E-state index in [0.29, 0.717) is 41.0 Å². The van der Waals surface area contributed by atoms with E-state index < -0.39 is 6.04 Å². The molecule has 0 aromatic heterocycles. The van der Waals surface area contributed by atoms with Gasteiger partial charge in [0.1, 0.15) is 0 Å². The van der Waals surface area contributed by atoms with E-state index in [4.69, 9.17) is 9.47 Å². The molecule has 36 heavy (non-hydrogen) atoms. The van der Waals surface area contributed by atoms with Crippen LogP contribution in [-0.2, 0) is 4.79 Å². The number of carbonyl (C=O) groups excluding carboxylic acids is 1. The number of benzene rings is 3. The predicted octanol–water partition coefficient (Wildman–Crippen LogP) is 5.90. The molecular weight excluding hydrogens is 458 g/mol. The zero-order chi connectivity index (χ0) is 25.4. The minimum atomic E-state index is -0.519. The van der Waals surface area contributed by atoms with Gasteiger partial charge in [0.15, 0.2) is 17.3 Å². The highest BCUT2D eigenvalue weighted by molar-refractivity contribution is 6.01. The number of nitro groups is 1. The molecule has 2 atom stereocenters. The van der Waals surface area contributed by atoms with Gasteiger partial charge in [0.05, 0.1) is 36.6 Å². The van der Waals surface area contributed by atoms with E-state index in [-0.39, 0.29) is 22.3 Å². The molecule has 0 saturated carbocycles. The molecule has 5 rings (SSSR count). The highest BCUT2D eigenvalue weighted by Gasteiger charge is 2.36. The summed E-state index contributed by atoms with van der Waals surface area (Å²) in [5, 5.41) is 18.6. The third-order valence-corrected chi connectivity index (χ3v) is 6.95. The van der Waals surface area contributed by atoms with Gasteiger partial charge in [-0.1, -0.05) is 30.3 Å². The number of Topliss-reactive ketones (excluding diaryl/α,β-unsaturated/α-hetero) is 1. The van der Waals surface area contributed by atoms with Gasteiger partial charge in [-0.25, -0.2) is 0 Å². The van der Waals surface area contributed by atoms with Crippen LogP contribution in [0.3, 0.4) is 0 Å². The summed E-state index contributed by atoms with van der Waals surface area (Å²) in [5.41, 5.74) is 5.39. The molecule has 2 aliphatic rings. The normalized spacial score (nSPS) is 18.8. The van der Waals surface area contributed by atoms with Gasteiger partial charge in [0.2, 0.25) is 0 Å². The van der Waals surface area contributed by atoms with Crippen molar-refractivity contribution in [3.63, 3.8) is 0 Å². The van der Waals surface area contributed by atoms with Crippen LogP contribution in [0.1, 0.15) is 41.5 Å². The van der Waals surface area contributed by atoms with Gasteiger partial charge >= 0.3 is 0 Å². The van der Waals surface area contributed by atoms with Crippen LogP contribution < -0.4 is 20.1 Å². The predicted molar refractivity (Wildman–Crippen MR) is 138 cm³/mol. The van der Waals surface area contributed by atoms with Gasteiger partial charge < -0.3 is 20.1 Å². The maximum atomic E-state index is 13.7. The monoisotopic (exact) mass is 485 g/mol. The lowest BCUT2D eigenvalue weighted by Crippen LogP contribution is -2.27. The third-order valence-electron chi connectivity index (χ3n) is 6.95. The molecule has 0 bridgehead atoms. The first-order chi connectivity index (χ1) is 17.4. The maximum absolute atomic E-state index is 13.7. The Morgan fingerprint density at radius 3 is 2.36 bits per heavy atom. The first kappa shape index (κ1) is 23.4. The Balaban J connectivity index is 1.60. The molecule has 1 aliphatic heterocycles. The fraction of sp³-hybridized carbons (Fsp3) is 0.250. The number of hydrogen-bond acceptors (Lipinski definition) is 7. The van der Waals surface area contributed by atoms with E-state index >= 15 is 0 Å². The van der Waals surface area contributed by atoms with Crippen LogP contribution in [0.25, 0.3) is 0 Å². The highest BCUT2D eigenvalue weighted by Crippen LogP contribution is 2.45. The van der Waals surface area contributed by atoms with Gasteiger partial charge in [-0.3, -0.25) is 14.9 Å². The average molecular weight is 486 g/mol. The summed E-state index contributed by atoms with van der Waals surface area (Å²) in [4.78, 5) is 25.0. The fourth-order valence-corrected chi connectivity index (χ4v) is 5.09. The summed E-state index contributed by atoms with van der Waals surface area (Å²) in [5.74, 6) is 1.20. The maximum Gasteiger partial charge on any atom is 0.272 e. The number of nitrogens with zero attached hydrogens (tertiary/aromatic N) is 1. The van der Waals surface area contributed by atoms with E-state index in [9.17, 15) is 14.9 Å². The Morgan fingerprint density at radius 1 is 0.917 bits per heavy atom. The smallest absolute Gasteiger partial charge is 0.272 e. The van der Waals surface area contributed by atoms with Gasteiger partial charge in [0.25, 0.3) is 5.69 Å². The average Bonchev–Trinajstić information content (AvgIpc) is 3.05. The largest absolute Gasteiger partial charge is 0.493 e. The number of hydrogen-bond donors (Lipinski definition) is 2. The van der Waals surface area contributed by atoms with Crippen molar-refractivity contribution in [3.05, 3.63) is 98.7 Å². The molecule has 0 fully saturated rings. The number of nitrogens with one attached hydrogen (secondary N) is 2. The zero-order valence-electron chi connectivity index (χ0n) is 20.3. The van der Waals surface area contributed by atoms with E-state index in [1.807, 2.05) is 48.5 Å². The first-order valence-corrected chi connectivity index (χ1v) is 11.7. The Labute approximate surface area is 209 Å². The van der Waals surface area contributed by atoms with Crippen molar-refractivity contribution >= 4 is 22.8 Å². The summed E-state index contributed by atoms with van der Waals surface area (Å²) < 4.78 is 10.8. The van der Waals surface area contributed by atoms with Gasteiger partial charge in [0, 0.05) is 29.3 Å². The number of nitro benzene ring substituents is 1. The number of methoxy groups -OCH3 is 2. The molecule has 1 aliphatic carbocycles. The van der Waals surface area contributed by atoms with Crippen LogP contribution >= 0.6 is 0 Å². The van der Waals surface area contributed by atoms with Crippen molar-refractivity contribution in [1.29, 1.82) is 0 Å². The molecule has 3 aromatic carbocycles. The number of ether oxygens (including phenoxy) is 2. The molecule has 0 saturated heterocycles. The molecule has 0 radical (unpaired) electrons. The van der Waals surface area contributed by atoms with Crippen LogP contribution in [0, 0.1) is 17.0 Å². The quantitative estimate of drug-likeness (QED) is 0.343. The van der Waals surface area contributed by atoms with Gasteiger partial charge in [-0.15, -0.1) is 0 Å². The highest BCUT2D eigenvalue weighted by atomic mass is 16.6. The van der Waals surface area contributed by atoms with Gasteiger partial charge in [-0.2, -0.15) is 0 Å². The molecule has 8 heteroatoms. The van der Waals surface area contributed by atoms with Crippen LogP contribution in [0.15, 0.2) is 71.9 Å². The second kappa shape index (κ2) is 9.37. The number of ketones is 1. The van der Waals surface area contributed by atoms with Crippen molar-refractivity contribution < 1.29 is 19.2 Å². The van der Waals surface area contributed by atoms with Gasteiger partial charge in [-0.05, 0) is 54.7 Å². The molecule has 0 unspecified atom stereocenters. The van der Waals surface area contributed by atoms with E-state index in [1.54, 1.807) is 33.3 Å². The van der Waals surface area contributed by atoms with Crippen molar-refractivity contribution in [2.75, 3.05) is 24.9 Å². The fourth-order valence-electron chi connectivity index (χ4n) is 5.09. The number of fused-ring (bicyclic) bond motifs is 1. The molecule has 1 heterocycles. The summed E-state index contributed by atoms with van der Waals surface area (Å²) >= 11 is 0. The summed E-state index contributed by atoms with van der Waals surface area (Å²) in [6.07, 6.45) is 0.926. The van der Waals surface area contributed by atoms with Crippen LogP contribution in [0.2, 0.25) is 0 Å². The Hall–Kier alpha value is -4.33. The SMILES string of the molecule is COc1ccc([C@@H]2CC(=O)C3=C(C2)Nc2ccccc2N[C@H]3c2ccc(C)c([N+](=O)[O-])c2)cc1OC. The second-order valence-corrected chi connectivity index (χ2v) is 9.09. The zero-order valence-corrected chi connectivity index (χ0v) is 20.3. The Kier molecular flexibility index (Phi) is 6.10. The van der Waals surface area contributed by atoms with Crippen molar-refractivity contribution in [2.45, 2.75) is 31.7 Å². The molecule has 8 nitrogen and oxygen atoms in total. The number of anilines is 2. The summed E-state index contributed by atoms with van der Waals surface area (Å²) in [7, 11) is 3.18. The first-order valence-electron chi connectivity index (χ1n) is 11.7. The Morgan fingerprint density at radius 2 is 1.64 bits per heavy atom. The molecule has 0 amide bonds. The summed E-state index contributed by atoms with van der Waals surface area (Å²) in [6, 6.07) is 18.1. The lowest BCUT2D eigenvalue weighted by atomic mass is 9.78.